The van der Waals surface area contributed by atoms with Gasteiger partial charge in [-0.2, -0.15) is 0 Å². The van der Waals surface area contributed by atoms with E-state index >= 15 is 0 Å². The van der Waals surface area contributed by atoms with Gasteiger partial charge in [-0.25, -0.2) is 0 Å². The number of likely N-dealkylation sites (N-methyl/N-ethyl adjacent to an activating group) is 1. The molecule has 3 nitrogen and oxygen atoms in total. The summed E-state index contributed by atoms with van der Waals surface area (Å²) in [6, 6.07) is 12.4. The lowest BCUT2D eigenvalue weighted by molar-refractivity contribution is -0.907. The van der Waals surface area contributed by atoms with Gasteiger partial charge in [0.15, 0.2) is 6.04 Å². The summed E-state index contributed by atoms with van der Waals surface area (Å²) < 4.78 is 0. The maximum absolute atomic E-state index is 12.4. The second-order valence-corrected chi connectivity index (χ2v) is 6.77. The van der Waals surface area contributed by atoms with Gasteiger partial charge in [-0.3, -0.25) is 4.79 Å². The highest BCUT2D eigenvalue weighted by atomic mass is 35.5. The van der Waals surface area contributed by atoms with Crippen molar-refractivity contribution in [2.75, 3.05) is 12.4 Å². The van der Waals surface area contributed by atoms with E-state index in [1.54, 1.807) is 18.2 Å². The first kappa shape index (κ1) is 18.1. The van der Waals surface area contributed by atoms with Crippen LogP contribution in [0.5, 0.6) is 0 Å². The molecule has 0 radical (unpaired) electrons. The molecule has 2 aromatic rings. The molecule has 0 aliphatic carbocycles. The van der Waals surface area contributed by atoms with Gasteiger partial charge in [0, 0.05) is 15.6 Å². The van der Waals surface area contributed by atoms with Crippen molar-refractivity contribution >= 4 is 46.4 Å². The van der Waals surface area contributed by atoms with E-state index in [9.17, 15) is 4.79 Å². The molecule has 2 rings (SSSR count). The van der Waals surface area contributed by atoms with Gasteiger partial charge in [-0.1, -0.05) is 46.9 Å². The molecule has 1 unspecified atom stereocenters. The van der Waals surface area contributed by atoms with Crippen molar-refractivity contribution < 1.29 is 9.69 Å². The van der Waals surface area contributed by atoms with Crippen molar-refractivity contribution in [2.24, 2.45) is 0 Å². The van der Waals surface area contributed by atoms with Crippen LogP contribution >= 0.6 is 34.8 Å². The smallest absolute Gasteiger partial charge is 0.282 e. The van der Waals surface area contributed by atoms with E-state index in [-0.39, 0.29) is 11.9 Å². The van der Waals surface area contributed by atoms with Gasteiger partial charge >= 0.3 is 0 Å². The topological polar surface area (TPSA) is 33.5 Å². The zero-order valence-corrected chi connectivity index (χ0v) is 15.1. The minimum atomic E-state index is -0.260. The number of amides is 1. The zero-order valence-electron chi connectivity index (χ0n) is 12.9. The number of anilines is 1. The van der Waals surface area contributed by atoms with E-state index in [4.69, 9.17) is 34.8 Å². The highest BCUT2D eigenvalue weighted by molar-refractivity contribution is 6.35. The number of rotatable bonds is 5. The molecule has 1 amide bonds. The van der Waals surface area contributed by atoms with Crippen molar-refractivity contribution in [1.29, 1.82) is 0 Å². The van der Waals surface area contributed by atoms with Crippen LogP contribution in [0, 0.1) is 0 Å². The molecule has 0 aliphatic rings. The number of carbonyl (C=O) groups is 1. The molecule has 0 saturated carbocycles. The molecule has 0 bridgehead atoms. The van der Waals surface area contributed by atoms with Crippen LogP contribution in [0.4, 0.5) is 5.69 Å². The van der Waals surface area contributed by atoms with E-state index in [1.165, 1.54) is 0 Å². The third kappa shape index (κ3) is 5.11. The molecular formula is C17H18Cl3N2O+. The molecule has 2 N–H and O–H groups in total. The van der Waals surface area contributed by atoms with Gasteiger partial charge in [0.25, 0.3) is 5.91 Å². The van der Waals surface area contributed by atoms with Gasteiger partial charge in [-0.15, -0.1) is 0 Å². The Morgan fingerprint density at radius 1 is 1.13 bits per heavy atom. The van der Waals surface area contributed by atoms with E-state index in [0.29, 0.717) is 27.3 Å². The van der Waals surface area contributed by atoms with Gasteiger partial charge < -0.3 is 10.2 Å². The SMILES string of the molecule is C[C@H](C(=O)Nc1cc(Cl)ccc1Cl)[NH+](C)Cc1cccc(Cl)c1. The third-order valence-corrected chi connectivity index (χ3v) is 4.49. The van der Waals surface area contributed by atoms with Crippen LogP contribution in [0.2, 0.25) is 15.1 Å². The maximum atomic E-state index is 12.4. The van der Waals surface area contributed by atoms with E-state index < -0.39 is 0 Å². The average Bonchev–Trinajstić information content (AvgIpc) is 2.50. The van der Waals surface area contributed by atoms with Gasteiger partial charge in [-0.05, 0) is 37.3 Å². The standard InChI is InChI=1S/C17H17Cl3N2O/c1-11(22(2)10-12-4-3-5-13(18)8-12)17(23)21-16-9-14(19)6-7-15(16)20/h3-9,11H,10H2,1-2H3,(H,21,23)/p+1/t11-/m1/s1. The first-order valence-corrected chi connectivity index (χ1v) is 8.33. The minimum Gasteiger partial charge on any atom is -0.324 e. The van der Waals surface area contributed by atoms with E-state index in [2.05, 4.69) is 5.32 Å². The van der Waals surface area contributed by atoms with Crippen LogP contribution in [0.25, 0.3) is 0 Å². The number of hydrogen-bond acceptors (Lipinski definition) is 1. The lowest BCUT2D eigenvalue weighted by Crippen LogP contribution is -3.12. The van der Waals surface area contributed by atoms with Crippen molar-refractivity contribution in [3.05, 3.63) is 63.1 Å². The summed E-state index contributed by atoms with van der Waals surface area (Å²) in [6.07, 6.45) is 0. The Balaban J connectivity index is 2.02. The Hall–Kier alpha value is -1.26. The van der Waals surface area contributed by atoms with E-state index in [1.807, 2.05) is 38.2 Å². The number of quaternary nitrogens is 1. The van der Waals surface area contributed by atoms with E-state index in [0.717, 1.165) is 10.5 Å². The summed E-state index contributed by atoms with van der Waals surface area (Å²) >= 11 is 18.0. The van der Waals surface area contributed by atoms with Crippen LogP contribution in [0.15, 0.2) is 42.5 Å². The summed E-state index contributed by atoms with van der Waals surface area (Å²) in [7, 11) is 1.96. The number of carbonyl (C=O) groups excluding carboxylic acids is 1. The number of nitrogens with one attached hydrogen (secondary N) is 2. The van der Waals surface area contributed by atoms with Crippen LogP contribution in [-0.2, 0) is 11.3 Å². The third-order valence-electron chi connectivity index (χ3n) is 3.69. The van der Waals surface area contributed by atoms with Crippen LogP contribution < -0.4 is 10.2 Å². The summed E-state index contributed by atoms with van der Waals surface area (Å²) in [4.78, 5) is 13.5. The van der Waals surface area contributed by atoms with Crippen LogP contribution in [0.3, 0.4) is 0 Å². The lowest BCUT2D eigenvalue weighted by Gasteiger charge is -2.21. The second-order valence-electron chi connectivity index (χ2n) is 5.49. The number of halogens is 3. The molecule has 0 saturated heterocycles. The first-order valence-electron chi connectivity index (χ1n) is 7.19. The molecule has 0 aromatic heterocycles. The van der Waals surface area contributed by atoms with Gasteiger partial charge in [0.1, 0.15) is 6.54 Å². The summed E-state index contributed by atoms with van der Waals surface area (Å²) in [5.41, 5.74) is 1.60. The molecule has 0 heterocycles. The van der Waals surface area contributed by atoms with Crippen molar-refractivity contribution in [2.45, 2.75) is 19.5 Å². The largest absolute Gasteiger partial charge is 0.324 e. The molecule has 0 fully saturated rings. The molecule has 2 atom stereocenters. The molecule has 0 spiro atoms. The quantitative estimate of drug-likeness (QED) is 0.824. The highest BCUT2D eigenvalue weighted by Gasteiger charge is 2.22. The van der Waals surface area contributed by atoms with Gasteiger partial charge in [0.05, 0.1) is 17.8 Å². The molecule has 122 valence electrons. The molecule has 2 aromatic carbocycles. The fourth-order valence-corrected chi connectivity index (χ4v) is 2.73. The second kappa shape index (κ2) is 8.02. The summed E-state index contributed by atoms with van der Waals surface area (Å²) in [6.45, 7) is 2.56. The van der Waals surface area contributed by atoms with Crippen molar-refractivity contribution in [1.82, 2.24) is 0 Å². The highest BCUT2D eigenvalue weighted by Crippen LogP contribution is 2.25. The molecule has 23 heavy (non-hydrogen) atoms. The molecular weight excluding hydrogens is 355 g/mol. The Kier molecular flexibility index (Phi) is 6.31. The number of hydrogen-bond donors (Lipinski definition) is 2. The predicted molar refractivity (Wildman–Crippen MR) is 96.6 cm³/mol. The fourth-order valence-electron chi connectivity index (χ4n) is 2.18. The molecule has 0 aliphatic heterocycles. The van der Waals surface area contributed by atoms with Crippen LogP contribution in [-0.4, -0.2) is 19.0 Å². The monoisotopic (exact) mass is 371 g/mol. The minimum absolute atomic E-state index is 0.117. The Morgan fingerprint density at radius 2 is 1.83 bits per heavy atom. The fraction of sp³-hybridized carbons (Fsp3) is 0.235. The Morgan fingerprint density at radius 3 is 2.52 bits per heavy atom. The van der Waals surface area contributed by atoms with Crippen molar-refractivity contribution in [3.8, 4) is 0 Å². The molecule has 6 heteroatoms. The summed E-state index contributed by atoms with van der Waals surface area (Å²) in [5, 5.41) is 4.50. The normalized spacial score (nSPS) is 13.4. The Labute approximate surface area is 151 Å². The van der Waals surface area contributed by atoms with Crippen LogP contribution in [0.1, 0.15) is 12.5 Å². The average molecular weight is 373 g/mol. The zero-order chi connectivity index (χ0) is 17.0. The predicted octanol–water partition coefficient (Wildman–Crippen LogP) is 3.69. The number of benzene rings is 2. The maximum Gasteiger partial charge on any atom is 0.282 e. The Bertz CT molecular complexity index is 706. The first-order chi connectivity index (χ1) is 10.9. The van der Waals surface area contributed by atoms with Gasteiger partial charge in [0.2, 0.25) is 0 Å². The summed E-state index contributed by atoms with van der Waals surface area (Å²) in [5.74, 6) is -0.117. The van der Waals surface area contributed by atoms with Crippen molar-refractivity contribution in [3.63, 3.8) is 0 Å². The lowest BCUT2D eigenvalue weighted by atomic mass is 10.2.